The molecule has 0 aliphatic heterocycles. The van der Waals surface area contributed by atoms with E-state index in [4.69, 9.17) is 4.98 Å². The molecule has 0 N–H and O–H groups in total. The molecule has 0 radical (unpaired) electrons. The molecular formula is C36H22N4. The quantitative estimate of drug-likeness (QED) is 0.238. The van der Waals surface area contributed by atoms with E-state index in [1.165, 1.54) is 10.8 Å². The van der Waals surface area contributed by atoms with Crippen LogP contribution in [0.1, 0.15) is 5.56 Å². The van der Waals surface area contributed by atoms with E-state index < -0.39 is 0 Å². The van der Waals surface area contributed by atoms with E-state index in [1.807, 2.05) is 24.5 Å². The second-order valence-corrected chi connectivity index (χ2v) is 9.98. The summed E-state index contributed by atoms with van der Waals surface area (Å²) in [6.45, 7) is 0. The van der Waals surface area contributed by atoms with Gasteiger partial charge in [-0.05, 0) is 36.4 Å². The van der Waals surface area contributed by atoms with E-state index in [2.05, 4.69) is 124 Å². The molecule has 0 fully saturated rings. The maximum atomic E-state index is 10.3. The van der Waals surface area contributed by atoms with E-state index in [-0.39, 0.29) is 0 Å². The van der Waals surface area contributed by atoms with Crippen molar-refractivity contribution in [2.75, 3.05) is 0 Å². The van der Waals surface area contributed by atoms with E-state index in [1.54, 1.807) is 0 Å². The normalized spacial score (nSPS) is 11.5. The predicted molar refractivity (Wildman–Crippen MR) is 163 cm³/mol. The number of rotatable bonds is 3. The van der Waals surface area contributed by atoms with Crippen molar-refractivity contribution in [2.45, 2.75) is 0 Å². The van der Waals surface area contributed by atoms with Crippen molar-refractivity contribution in [3.63, 3.8) is 0 Å². The van der Waals surface area contributed by atoms with Crippen LogP contribution in [-0.2, 0) is 0 Å². The molecule has 40 heavy (non-hydrogen) atoms. The molecule has 0 amide bonds. The van der Waals surface area contributed by atoms with Crippen LogP contribution in [0.15, 0.2) is 134 Å². The number of para-hydroxylation sites is 5. The number of benzene rings is 5. The van der Waals surface area contributed by atoms with Gasteiger partial charge in [0.15, 0.2) is 0 Å². The second-order valence-electron chi connectivity index (χ2n) is 9.98. The molecule has 4 nitrogen and oxygen atoms in total. The summed E-state index contributed by atoms with van der Waals surface area (Å²) in [5.41, 5.74) is 8.78. The Hall–Kier alpha value is -5.66. The Morgan fingerprint density at radius 1 is 0.525 bits per heavy atom. The van der Waals surface area contributed by atoms with Crippen LogP contribution in [-0.4, -0.2) is 14.1 Å². The lowest BCUT2D eigenvalue weighted by molar-refractivity contribution is 1.13. The van der Waals surface area contributed by atoms with E-state index >= 15 is 0 Å². The van der Waals surface area contributed by atoms with Gasteiger partial charge in [0, 0.05) is 38.9 Å². The van der Waals surface area contributed by atoms with E-state index in [9.17, 15) is 5.26 Å². The van der Waals surface area contributed by atoms with Crippen LogP contribution in [0.2, 0.25) is 0 Å². The molecule has 0 bridgehead atoms. The fourth-order valence-electron chi connectivity index (χ4n) is 6.17. The molecule has 8 rings (SSSR count). The first kappa shape index (κ1) is 22.3. The summed E-state index contributed by atoms with van der Waals surface area (Å²) in [6.07, 6.45) is 3.81. The van der Waals surface area contributed by atoms with Crippen LogP contribution < -0.4 is 0 Å². The standard InChI is InChI=1S/C36H22N4/c37-21-24-10-9-15-27(36(24)40-34-18-7-3-13-30(34)31-14-4-8-19-35(31)40)25-20-26(23-38-22-25)39-32-16-5-1-11-28(32)29-12-2-6-17-33(29)39/h1-20,22-23H. The summed E-state index contributed by atoms with van der Waals surface area (Å²) in [7, 11) is 0. The largest absolute Gasteiger partial charge is 0.308 e. The summed E-state index contributed by atoms with van der Waals surface area (Å²) in [4.78, 5) is 4.72. The molecule has 0 unspecified atom stereocenters. The van der Waals surface area contributed by atoms with Gasteiger partial charge in [-0.1, -0.05) is 84.9 Å². The number of hydrogen-bond acceptors (Lipinski definition) is 2. The van der Waals surface area contributed by atoms with Gasteiger partial charge < -0.3 is 9.13 Å². The molecule has 186 valence electrons. The minimum absolute atomic E-state index is 0.617. The molecule has 0 aliphatic rings. The van der Waals surface area contributed by atoms with Crippen molar-refractivity contribution in [3.05, 3.63) is 139 Å². The molecule has 3 heterocycles. The molecule has 0 saturated heterocycles. The average Bonchev–Trinajstić information content (AvgIpc) is 3.54. The minimum atomic E-state index is 0.617. The fourth-order valence-corrected chi connectivity index (χ4v) is 6.17. The zero-order valence-electron chi connectivity index (χ0n) is 21.5. The van der Waals surface area contributed by atoms with Gasteiger partial charge >= 0.3 is 0 Å². The lowest BCUT2D eigenvalue weighted by Gasteiger charge is -2.16. The Balaban J connectivity index is 1.43. The molecule has 0 spiro atoms. The third-order valence-corrected chi connectivity index (χ3v) is 7.83. The van der Waals surface area contributed by atoms with Gasteiger partial charge in [0.1, 0.15) is 6.07 Å². The van der Waals surface area contributed by atoms with Crippen LogP contribution >= 0.6 is 0 Å². The maximum Gasteiger partial charge on any atom is 0.101 e. The SMILES string of the molecule is N#Cc1cccc(-c2cncc(-n3c4ccccc4c4ccccc43)c2)c1-n1c2ccccc2c2ccccc21. The summed E-state index contributed by atoms with van der Waals surface area (Å²) in [5.74, 6) is 0. The summed E-state index contributed by atoms with van der Waals surface area (Å²) in [6, 6.07) is 44.3. The lowest BCUT2D eigenvalue weighted by Crippen LogP contribution is -2.02. The number of nitrogens with zero attached hydrogens (tertiary/aromatic N) is 4. The highest BCUT2D eigenvalue weighted by molar-refractivity contribution is 6.10. The van der Waals surface area contributed by atoms with Crippen molar-refractivity contribution in [1.29, 1.82) is 5.26 Å². The molecule has 8 aromatic rings. The van der Waals surface area contributed by atoms with Crippen LogP contribution in [0.3, 0.4) is 0 Å². The predicted octanol–water partition coefficient (Wildman–Crippen LogP) is 8.81. The molecule has 0 saturated carbocycles. The van der Waals surface area contributed by atoms with Crippen LogP contribution in [0.25, 0.3) is 66.1 Å². The highest BCUT2D eigenvalue weighted by Gasteiger charge is 2.19. The van der Waals surface area contributed by atoms with Gasteiger partial charge in [-0.25, -0.2) is 0 Å². The highest BCUT2D eigenvalue weighted by atomic mass is 15.0. The number of hydrogen-bond donors (Lipinski definition) is 0. The summed E-state index contributed by atoms with van der Waals surface area (Å²) in [5, 5.41) is 15.0. The van der Waals surface area contributed by atoms with E-state index in [0.29, 0.717) is 5.56 Å². The minimum Gasteiger partial charge on any atom is -0.308 e. The topological polar surface area (TPSA) is 46.5 Å². The summed E-state index contributed by atoms with van der Waals surface area (Å²) >= 11 is 0. The van der Waals surface area contributed by atoms with Crippen molar-refractivity contribution >= 4 is 43.6 Å². The van der Waals surface area contributed by atoms with Crippen LogP contribution in [0.4, 0.5) is 0 Å². The van der Waals surface area contributed by atoms with Gasteiger partial charge in [0.05, 0.1) is 45.2 Å². The van der Waals surface area contributed by atoms with Gasteiger partial charge in [-0.3, -0.25) is 4.98 Å². The Bertz CT molecular complexity index is 2190. The fraction of sp³-hybridized carbons (Fsp3) is 0. The van der Waals surface area contributed by atoms with Crippen molar-refractivity contribution in [3.8, 4) is 28.6 Å². The lowest BCUT2D eigenvalue weighted by atomic mass is 10.0. The first-order valence-electron chi connectivity index (χ1n) is 13.3. The monoisotopic (exact) mass is 510 g/mol. The van der Waals surface area contributed by atoms with Gasteiger partial charge in [0.25, 0.3) is 0 Å². The highest BCUT2D eigenvalue weighted by Crippen LogP contribution is 2.38. The Kier molecular flexibility index (Phi) is 4.85. The van der Waals surface area contributed by atoms with Gasteiger partial charge in [-0.2, -0.15) is 5.26 Å². The first-order valence-corrected chi connectivity index (χ1v) is 13.3. The number of nitriles is 1. The molecule has 4 heteroatoms. The summed E-state index contributed by atoms with van der Waals surface area (Å²) < 4.78 is 4.50. The smallest absolute Gasteiger partial charge is 0.101 e. The maximum absolute atomic E-state index is 10.3. The molecule has 5 aromatic carbocycles. The number of pyridine rings is 1. The third kappa shape index (κ3) is 3.15. The van der Waals surface area contributed by atoms with Gasteiger partial charge in [-0.15, -0.1) is 0 Å². The van der Waals surface area contributed by atoms with Crippen molar-refractivity contribution in [2.24, 2.45) is 0 Å². The van der Waals surface area contributed by atoms with Crippen molar-refractivity contribution < 1.29 is 0 Å². The zero-order valence-corrected chi connectivity index (χ0v) is 21.5. The molecule has 0 aliphatic carbocycles. The average molecular weight is 511 g/mol. The van der Waals surface area contributed by atoms with Crippen molar-refractivity contribution in [1.82, 2.24) is 14.1 Å². The van der Waals surface area contributed by atoms with Crippen LogP contribution in [0, 0.1) is 11.3 Å². The Morgan fingerprint density at radius 3 is 1.55 bits per heavy atom. The number of aromatic nitrogens is 3. The third-order valence-electron chi connectivity index (χ3n) is 7.83. The number of fused-ring (bicyclic) bond motifs is 6. The molecular weight excluding hydrogens is 488 g/mol. The second kappa shape index (κ2) is 8.69. The zero-order chi connectivity index (χ0) is 26.6. The molecule has 0 atom stereocenters. The molecule has 3 aromatic heterocycles. The van der Waals surface area contributed by atoms with Gasteiger partial charge in [0.2, 0.25) is 0 Å². The first-order chi connectivity index (χ1) is 19.8. The van der Waals surface area contributed by atoms with E-state index in [0.717, 1.165) is 55.3 Å². The van der Waals surface area contributed by atoms with Crippen LogP contribution in [0.5, 0.6) is 0 Å². The Labute approximate surface area is 230 Å². The Morgan fingerprint density at radius 2 is 1.02 bits per heavy atom.